The Labute approximate surface area is 76.8 Å². The number of carbonyl (C=O) groups is 2. The molecule has 0 aromatic heterocycles. The molecule has 0 aromatic rings. The number of ketones is 2. The average Bonchev–Trinajstić information content (AvgIpc) is 2.54. The fraction of sp³-hybridized carbons (Fsp3) is 0.600. The van der Waals surface area contributed by atoms with E-state index in [1.54, 1.807) is 7.11 Å². The van der Waals surface area contributed by atoms with Gasteiger partial charge < -0.3 is 4.74 Å². The predicted molar refractivity (Wildman–Crippen MR) is 46.3 cm³/mol. The lowest BCUT2D eigenvalue weighted by atomic mass is 9.97. The van der Waals surface area contributed by atoms with Gasteiger partial charge in [0, 0.05) is 31.1 Å². The summed E-state index contributed by atoms with van der Waals surface area (Å²) in [5.74, 6) is 0.00144. The van der Waals surface area contributed by atoms with Crippen LogP contribution in [0.5, 0.6) is 0 Å². The third-order valence-corrected chi connectivity index (χ3v) is 2.95. The van der Waals surface area contributed by atoms with E-state index in [-0.39, 0.29) is 23.6 Å². The van der Waals surface area contributed by atoms with E-state index in [1.165, 1.54) is 0 Å². The van der Waals surface area contributed by atoms with Gasteiger partial charge in [0.15, 0.2) is 11.6 Å². The van der Waals surface area contributed by atoms with Crippen LogP contribution < -0.4 is 0 Å². The van der Waals surface area contributed by atoms with Crippen LogP contribution >= 0.6 is 0 Å². The van der Waals surface area contributed by atoms with Crippen molar-refractivity contribution < 1.29 is 14.3 Å². The Hall–Kier alpha value is -0.960. The Morgan fingerprint density at radius 3 is 2.00 bits per heavy atom. The van der Waals surface area contributed by atoms with Crippen molar-refractivity contribution in [3.8, 4) is 0 Å². The van der Waals surface area contributed by atoms with Gasteiger partial charge in [-0.15, -0.1) is 0 Å². The molecule has 0 fully saturated rings. The Bertz CT molecular complexity index is 299. The van der Waals surface area contributed by atoms with Crippen LogP contribution in [0.1, 0.15) is 26.2 Å². The summed E-state index contributed by atoms with van der Waals surface area (Å²) in [7, 11) is 1.62. The summed E-state index contributed by atoms with van der Waals surface area (Å²) in [6.07, 6.45) is 1.29. The standard InChI is InChI=1S/C10H12O3/c1-10(13-2)4-6-7(5-10)9(12)3-8(6)11/h3-5H2,1-2H3. The van der Waals surface area contributed by atoms with E-state index in [0.717, 1.165) is 0 Å². The first kappa shape index (κ1) is 8.63. The number of methoxy groups -OCH3 is 1. The topological polar surface area (TPSA) is 43.4 Å². The molecule has 2 aliphatic rings. The predicted octanol–water partition coefficient (Wildman–Crippen LogP) is 1.02. The number of ether oxygens (including phenoxy) is 1. The first-order valence-electron chi connectivity index (χ1n) is 4.39. The minimum absolute atomic E-state index is 0.000718. The minimum atomic E-state index is -0.323. The van der Waals surface area contributed by atoms with Crippen molar-refractivity contribution in [2.45, 2.75) is 31.8 Å². The highest BCUT2D eigenvalue weighted by molar-refractivity contribution is 6.23. The number of rotatable bonds is 1. The molecule has 2 aliphatic carbocycles. The Balaban J connectivity index is 2.30. The highest BCUT2D eigenvalue weighted by Crippen LogP contribution is 2.41. The minimum Gasteiger partial charge on any atom is -0.378 e. The largest absolute Gasteiger partial charge is 0.378 e. The van der Waals surface area contributed by atoms with Gasteiger partial charge in [-0.1, -0.05) is 0 Å². The van der Waals surface area contributed by atoms with E-state index in [0.29, 0.717) is 24.0 Å². The third kappa shape index (κ3) is 1.15. The second-order valence-electron chi connectivity index (χ2n) is 3.99. The van der Waals surface area contributed by atoms with Gasteiger partial charge >= 0.3 is 0 Å². The van der Waals surface area contributed by atoms with Crippen molar-refractivity contribution in [3.05, 3.63) is 11.1 Å². The van der Waals surface area contributed by atoms with Gasteiger partial charge in [-0.25, -0.2) is 0 Å². The number of carbonyl (C=O) groups excluding carboxylic acids is 2. The Kier molecular flexibility index (Phi) is 1.67. The lowest BCUT2D eigenvalue weighted by Gasteiger charge is -2.23. The Morgan fingerprint density at radius 1 is 1.15 bits per heavy atom. The van der Waals surface area contributed by atoms with Crippen LogP contribution in [0, 0.1) is 0 Å². The number of Topliss-reactive ketones (excluding diaryl/α,β-unsaturated/α-hetero) is 2. The summed E-state index contributed by atoms with van der Waals surface area (Å²) in [6.45, 7) is 1.94. The molecule has 0 saturated carbocycles. The van der Waals surface area contributed by atoms with Gasteiger partial charge in [0.1, 0.15) is 0 Å². The van der Waals surface area contributed by atoms with Crippen molar-refractivity contribution in [3.63, 3.8) is 0 Å². The smallest absolute Gasteiger partial charge is 0.167 e. The molecule has 3 nitrogen and oxygen atoms in total. The van der Waals surface area contributed by atoms with E-state index in [9.17, 15) is 9.59 Å². The second kappa shape index (κ2) is 2.51. The molecule has 0 bridgehead atoms. The summed E-state index contributed by atoms with van der Waals surface area (Å²) in [6, 6.07) is 0. The summed E-state index contributed by atoms with van der Waals surface area (Å²) in [5, 5.41) is 0. The molecule has 0 heterocycles. The van der Waals surface area contributed by atoms with Crippen LogP contribution in [0.2, 0.25) is 0 Å². The summed E-state index contributed by atoms with van der Waals surface area (Å²) < 4.78 is 5.29. The van der Waals surface area contributed by atoms with Crippen molar-refractivity contribution in [1.82, 2.24) is 0 Å². The summed E-state index contributed by atoms with van der Waals surface area (Å²) in [5.41, 5.74) is 1.11. The van der Waals surface area contributed by atoms with E-state index in [1.807, 2.05) is 6.92 Å². The molecule has 0 aliphatic heterocycles. The van der Waals surface area contributed by atoms with E-state index >= 15 is 0 Å². The highest BCUT2D eigenvalue weighted by atomic mass is 16.5. The SMILES string of the molecule is COC1(C)CC2=C(C1)C(=O)CC2=O. The van der Waals surface area contributed by atoms with Gasteiger partial charge in [0.2, 0.25) is 0 Å². The second-order valence-corrected chi connectivity index (χ2v) is 3.99. The van der Waals surface area contributed by atoms with E-state index in [4.69, 9.17) is 4.74 Å². The monoisotopic (exact) mass is 180 g/mol. The molecule has 13 heavy (non-hydrogen) atoms. The molecule has 3 heteroatoms. The molecule has 2 rings (SSSR count). The molecule has 0 amide bonds. The first-order chi connectivity index (χ1) is 6.06. The zero-order chi connectivity index (χ0) is 9.64. The van der Waals surface area contributed by atoms with Crippen molar-refractivity contribution in [2.75, 3.05) is 7.11 Å². The molecule has 0 N–H and O–H groups in total. The van der Waals surface area contributed by atoms with Crippen LogP contribution in [0.15, 0.2) is 11.1 Å². The van der Waals surface area contributed by atoms with Gasteiger partial charge in [0.25, 0.3) is 0 Å². The zero-order valence-electron chi connectivity index (χ0n) is 7.85. The van der Waals surface area contributed by atoms with Crippen LogP contribution in [0.3, 0.4) is 0 Å². The van der Waals surface area contributed by atoms with Crippen molar-refractivity contribution in [2.24, 2.45) is 0 Å². The molecular formula is C10H12O3. The fourth-order valence-electron chi connectivity index (χ4n) is 2.06. The van der Waals surface area contributed by atoms with Crippen molar-refractivity contribution >= 4 is 11.6 Å². The first-order valence-corrected chi connectivity index (χ1v) is 4.39. The lowest BCUT2D eigenvalue weighted by Crippen LogP contribution is -2.26. The lowest BCUT2D eigenvalue weighted by molar-refractivity contribution is -0.122. The van der Waals surface area contributed by atoms with Crippen LogP contribution in [0.4, 0.5) is 0 Å². The molecule has 0 unspecified atom stereocenters. The summed E-state index contributed by atoms with van der Waals surface area (Å²) in [4.78, 5) is 22.7. The van der Waals surface area contributed by atoms with Gasteiger partial charge in [0.05, 0.1) is 12.0 Å². The number of hydrogen-bond acceptors (Lipinski definition) is 3. The maximum Gasteiger partial charge on any atom is 0.167 e. The molecule has 0 saturated heterocycles. The molecule has 0 atom stereocenters. The zero-order valence-corrected chi connectivity index (χ0v) is 7.85. The maximum absolute atomic E-state index is 11.3. The molecule has 0 aromatic carbocycles. The Morgan fingerprint density at radius 2 is 1.62 bits per heavy atom. The summed E-state index contributed by atoms with van der Waals surface area (Å²) >= 11 is 0. The normalized spacial score (nSPS) is 25.7. The van der Waals surface area contributed by atoms with Crippen LogP contribution in [-0.4, -0.2) is 24.3 Å². The molecule has 0 spiro atoms. The van der Waals surface area contributed by atoms with Crippen LogP contribution in [0.25, 0.3) is 0 Å². The third-order valence-electron chi connectivity index (χ3n) is 2.95. The maximum atomic E-state index is 11.3. The van der Waals surface area contributed by atoms with Gasteiger partial charge in [-0.3, -0.25) is 9.59 Å². The van der Waals surface area contributed by atoms with E-state index < -0.39 is 0 Å². The van der Waals surface area contributed by atoms with Gasteiger partial charge in [-0.05, 0) is 6.92 Å². The van der Waals surface area contributed by atoms with E-state index in [2.05, 4.69) is 0 Å². The van der Waals surface area contributed by atoms with Crippen LogP contribution in [-0.2, 0) is 14.3 Å². The quantitative estimate of drug-likeness (QED) is 0.566. The molecule has 0 radical (unpaired) electrons. The fourth-order valence-corrected chi connectivity index (χ4v) is 2.06. The number of hydrogen-bond donors (Lipinski definition) is 0. The van der Waals surface area contributed by atoms with Crippen molar-refractivity contribution in [1.29, 1.82) is 0 Å². The molecule has 70 valence electrons. The molecular weight excluding hydrogens is 168 g/mol. The average molecular weight is 180 g/mol. The highest BCUT2D eigenvalue weighted by Gasteiger charge is 2.43. The van der Waals surface area contributed by atoms with Gasteiger partial charge in [-0.2, -0.15) is 0 Å².